The summed E-state index contributed by atoms with van der Waals surface area (Å²) in [5.41, 5.74) is 2.12. The molecule has 0 aliphatic carbocycles. The number of hydrogen-bond donors (Lipinski definition) is 1. The number of nitrogens with zero attached hydrogens (tertiary/aromatic N) is 1. The van der Waals surface area contributed by atoms with Crippen LogP contribution in [0.15, 0.2) is 42.5 Å². The molecule has 0 heterocycles. The molecule has 0 aliphatic heterocycles. The van der Waals surface area contributed by atoms with Crippen LogP contribution in [-0.2, 0) is 13.2 Å². The fourth-order valence-corrected chi connectivity index (χ4v) is 2.58. The minimum absolute atomic E-state index is 0.484. The van der Waals surface area contributed by atoms with Gasteiger partial charge in [-0.15, -0.1) is 0 Å². The summed E-state index contributed by atoms with van der Waals surface area (Å²) in [6.07, 6.45) is 0. The van der Waals surface area contributed by atoms with Gasteiger partial charge >= 0.3 is 0 Å². The Labute approximate surface area is 155 Å². The summed E-state index contributed by atoms with van der Waals surface area (Å²) in [6.45, 7) is 5.61. The van der Waals surface area contributed by atoms with Gasteiger partial charge < -0.3 is 19.7 Å². The number of hydrogen-bond acceptors (Lipinski definition) is 4. The summed E-state index contributed by atoms with van der Waals surface area (Å²) in [7, 11) is 4.11. The minimum atomic E-state index is 0.484. The number of halogens is 1. The molecule has 0 aromatic heterocycles. The Morgan fingerprint density at radius 1 is 1.04 bits per heavy atom. The van der Waals surface area contributed by atoms with Crippen molar-refractivity contribution in [2.24, 2.45) is 0 Å². The van der Waals surface area contributed by atoms with Crippen molar-refractivity contribution in [1.82, 2.24) is 10.2 Å². The Morgan fingerprint density at radius 2 is 1.76 bits per heavy atom. The van der Waals surface area contributed by atoms with Crippen molar-refractivity contribution >= 4 is 11.6 Å². The third kappa shape index (κ3) is 6.58. The molecule has 0 bridgehead atoms. The van der Waals surface area contributed by atoms with E-state index in [1.165, 1.54) is 0 Å². The first kappa shape index (κ1) is 19.6. The zero-order valence-electron chi connectivity index (χ0n) is 15.2. The van der Waals surface area contributed by atoms with E-state index in [2.05, 4.69) is 24.3 Å². The van der Waals surface area contributed by atoms with Crippen LogP contribution in [0.4, 0.5) is 0 Å². The molecule has 0 aliphatic rings. The van der Waals surface area contributed by atoms with Gasteiger partial charge in [-0.05, 0) is 38.2 Å². The van der Waals surface area contributed by atoms with Crippen molar-refractivity contribution in [3.05, 3.63) is 58.6 Å². The van der Waals surface area contributed by atoms with Crippen LogP contribution in [0.25, 0.3) is 0 Å². The molecule has 5 heteroatoms. The summed E-state index contributed by atoms with van der Waals surface area (Å²) in [4.78, 5) is 2.14. The molecule has 0 unspecified atom stereocenters. The van der Waals surface area contributed by atoms with E-state index in [-0.39, 0.29) is 0 Å². The second kappa shape index (κ2) is 10.3. The van der Waals surface area contributed by atoms with E-state index < -0.39 is 0 Å². The Kier molecular flexibility index (Phi) is 8.06. The maximum atomic E-state index is 6.44. The van der Waals surface area contributed by atoms with Gasteiger partial charge in [0.2, 0.25) is 0 Å². The molecular weight excluding hydrogens is 336 g/mol. The number of nitrogens with one attached hydrogen (secondary N) is 1. The predicted octanol–water partition coefficient (Wildman–Crippen LogP) is 3.97. The van der Waals surface area contributed by atoms with Crippen LogP contribution in [0.3, 0.4) is 0 Å². The topological polar surface area (TPSA) is 33.7 Å². The lowest BCUT2D eigenvalue weighted by molar-refractivity contribution is 0.269. The number of benzene rings is 2. The van der Waals surface area contributed by atoms with E-state index in [1.54, 1.807) is 0 Å². The summed E-state index contributed by atoms with van der Waals surface area (Å²) in [5, 5.41) is 4.08. The summed E-state index contributed by atoms with van der Waals surface area (Å²) >= 11 is 6.44. The highest BCUT2D eigenvalue weighted by atomic mass is 35.5. The Bertz CT molecular complexity index is 648. The van der Waals surface area contributed by atoms with Crippen molar-refractivity contribution < 1.29 is 9.47 Å². The van der Waals surface area contributed by atoms with Gasteiger partial charge in [-0.1, -0.05) is 41.9 Å². The van der Waals surface area contributed by atoms with Gasteiger partial charge in [-0.25, -0.2) is 0 Å². The van der Waals surface area contributed by atoms with Crippen LogP contribution >= 0.6 is 11.6 Å². The summed E-state index contributed by atoms with van der Waals surface area (Å²) in [5.74, 6) is 1.40. The van der Waals surface area contributed by atoms with E-state index in [9.17, 15) is 0 Å². The van der Waals surface area contributed by atoms with Gasteiger partial charge in [-0.3, -0.25) is 0 Å². The van der Waals surface area contributed by atoms with E-state index in [0.717, 1.165) is 30.0 Å². The molecule has 0 saturated heterocycles. The van der Waals surface area contributed by atoms with Crippen molar-refractivity contribution in [3.63, 3.8) is 0 Å². The summed E-state index contributed by atoms with van der Waals surface area (Å²) < 4.78 is 11.7. The number of ether oxygens (including phenoxy) is 2. The second-order valence-corrected chi connectivity index (χ2v) is 6.48. The van der Waals surface area contributed by atoms with Crippen LogP contribution in [0, 0.1) is 0 Å². The minimum Gasteiger partial charge on any atom is -0.490 e. The quantitative estimate of drug-likeness (QED) is 0.648. The SMILES string of the molecule is CCOc1cc(CNCCN(C)C)c(Cl)cc1OCc1ccccc1. The molecule has 2 rings (SSSR count). The molecule has 1 N–H and O–H groups in total. The maximum Gasteiger partial charge on any atom is 0.163 e. The molecule has 0 fully saturated rings. The highest BCUT2D eigenvalue weighted by Gasteiger charge is 2.11. The zero-order chi connectivity index (χ0) is 18.1. The fourth-order valence-electron chi connectivity index (χ4n) is 2.35. The Morgan fingerprint density at radius 3 is 2.44 bits per heavy atom. The lowest BCUT2D eigenvalue weighted by Gasteiger charge is -2.16. The van der Waals surface area contributed by atoms with Crippen molar-refractivity contribution in [2.45, 2.75) is 20.1 Å². The molecule has 0 spiro atoms. The third-order valence-electron chi connectivity index (χ3n) is 3.70. The van der Waals surface area contributed by atoms with Crippen LogP contribution < -0.4 is 14.8 Å². The van der Waals surface area contributed by atoms with Gasteiger partial charge in [-0.2, -0.15) is 0 Å². The van der Waals surface area contributed by atoms with Gasteiger partial charge in [0.25, 0.3) is 0 Å². The molecule has 136 valence electrons. The number of rotatable bonds is 10. The molecule has 0 amide bonds. The van der Waals surface area contributed by atoms with Crippen LogP contribution in [0.5, 0.6) is 11.5 Å². The largest absolute Gasteiger partial charge is 0.490 e. The zero-order valence-corrected chi connectivity index (χ0v) is 16.0. The highest BCUT2D eigenvalue weighted by molar-refractivity contribution is 6.31. The third-order valence-corrected chi connectivity index (χ3v) is 4.05. The molecule has 2 aromatic rings. The van der Waals surface area contributed by atoms with Crippen molar-refractivity contribution in [2.75, 3.05) is 33.8 Å². The smallest absolute Gasteiger partial charge is 0.163 e. The standard InChI is InChI=1S/C20H27ClN2O2/c1-4-24-19-12-17(14-22-10-11-23(2)3)18(21)13-20(19)25-15-16-8-6-5-7-9-16/h5-9,12-13,22H,4,10-11,14-15H2,1-3H3. The lowest BCUT2D eigenvalue weighted by atomic mass is 10.2. The molecule has 4 nitrogen and oxygen atoms in total. The summed E-state index contributed by atoms with van der Waals surface area (Å²) in [6, 6.07) is 13.9. The second-order valence-electron chi connectivity index (χ2n) is 6.08. The monoisotopic (exact) mass is 362 g/mol. The van der Waals surface area contributed by atoms with Gasteiger partial charge in [0.1, 0.15) is 6.61 Å². The average Bonchev–Trinajstić information content (AvgIpc) is 2.60. The van der Waals surface area contributed by atoms with Gasteiger partial charge in [0.15, 0.2) is 11.5 Å². The highest BCUT2D eigenvalue weighted by Crippen LogP contribution is 2.34. The first-order valence-corrected chi connectivity index (χ1v) is 8.95. The normalized spacial score (nSPS) is 10.9. The van der Waals surface area contributed by atoms with Crippen LogP contribution in [0.1, 0.15) is 18.1 Å². The van der Waals surface area contributed by atoms with Crippen LogP contribution in [-0.4, -0.2) is 38.7 Å². The van der Waals surface area contributed by atoms with Gasteiger partial charge in [0, 0.05) is 30.7 Å². The van der Waals surface area contributed by atoms with Crippen molar-refractivity contribution in [3.8, 4) is 11.5 Å². The maximum absolute atomic E-state index is 6.44. The van der Waals surface area contributed by atoms with Gasteiger partial charge in [0.05, 0.1) is 6.61 Å². The molecule has 0 radical (unpaired) electrons. The van der Waals surface area contributed by atoms with Crippen molar-refractivity contribution in [1.29, 1.82) is 0 Å². The first-order valence-electron chi connectivity index (χ1n) is 8.57. The van der Waals surface area contributed by atoms with E-state index in [0.29, 0.717) is 30.5 Å². The molecule has 0 atom stereocenters. The van der Waals surface area contributed by atoms with E-state index in [1.807, 2.05) is 49.4 Å². The lowest BCUT2D eigenvalue weighted by Crippen LogP contribution is -2.26. The molecule has 2 aromatic carbocycles. The molecular formula is C20H27ClN2O2. The fraction of sp³-hybridized carbons (Fsp3) is 0.400. The van der Waals surface area contributed by atoms with Crippen LogP contribution in [0.2, 0.25) is 5.02 Å². The number of likely N-dealkylation sites (N-methyl/N-ethyl adjacent to an activating group) is 1. The Balaban J connectivity index is 2.04. The van der Waals surface area contributed by atoms with E-state index >= 15 is 0 Å². The molecule has 25 heavy (non-hydrogen) atoms. The first-order chi connectivity index (χ1) is 12.1. The average molecular weight is 363 g/mol. The Hall–Kier alpha value is -1.75. The predicted molar refractivity (Wildman–Crippen MR) is 104 cm³/mol. The van der Waals surface area contributed by atoms with E-state index in [4.69, 9.17) is 21.1 Å². The molecule has 0 saturated carbocycles.